The zero-order chi connectivity index (χ0) is 32.8. The number of morpholine rings is 1. The Hall–Kier alpha value is -4.51. The molecule has 0 radical (unpaired) electrons. The number of hydrogen-bond donors (Lipinski definition) is 4. The monoisotopic (exact) mass is 640 g/mol. The molecule has 1 aliphatic carbocycles. The van der Waals surface area contributed by atoms with E-state index in [2.05, 4.69) is 20.5 Å². The molecule has 0 unspecified atom stereocenters. The van der Waals surface area contributed by atoms with Crippen LogP contribution >= 0.6 is 0 Å². The van der Waals surface area contributed by atoms with Gasteiger partial charge in [-0.1, -0.05) is 35.9 Å². The summed E-state index contributed by atoms with van der Waals surface area (Å²) in [6.07, 6.45) is 4.30. The van der Waals surface area contributed by atoms with Gasteiger partial charge in [0.25, 0.3) is 5.91 Å². The van der Waals surface area contributed by atoms with Crippen LogP contribution in [0.25, 0.3) is 11.1 Å². The summed E-state index contributed by atoms with van der Waals surface area (Å²) < 4.78 is 25.9. The van der Waals surface area contributed by atoms with Gasteiger partial charge in [-0.25, -0.2) is 9.37 Å². The number of nitrogens with one attached hydrogen (secondary N) is 2. The zero-order valence-electron chi connectivity index (χ0n) is 26.5. The average molecular weight is 641 g/mol. The number of halogens is 1. The first-order valence-electron chi connectivity index (χ1n) is 16.2. The molecule has 1 saturated heterocycles. The van der Waals surface area contributed by atoms with E-state index >= 15 is 0 Å². The minimum absolute atomic E-state index is 0.0219. The quantitative estimate of drug-likeness (QED) is 0.165. The van der Waals surface area contributed by atoms with Crippen molar-refractivity contribution in [2.45, 2.75) is 57.8 Å². The molecule has 1 aliphatic heterocycles. The Morgan fingerprint density at radius 1 is 0.979 bits per heavy atom. The van der Waals surface area contributed by atoms with Gasteiger partial charge in [0, 0.05) is 43.8 Å². The highest BCUT2D eigenvalue weighted by Crippen LogP contribution is 2.33. The van der Waals surface area contributed by atoms with Crippen LogP contribution in [0.15, 0.2) is 72.9 Å². The summed E-state index contributed by atoms with van der Waals surface area (Å²) >= 11 is 0. The fraction of sp³-hybridized carbons (Fsp3) is 0.351. The number of amides is 1. The highest BCUT2D eigenvalue weighted by molar-refractivity contribution is 5.96. The minimum atomic E-state index is -0.625. The Kier molecular flexibility index (Phi) is 10.3. The summed E-state index contributed by atoms with van der Waals surface area (Å²) in [5, 5.41) is 27.0. The first-order valence-corrected chi connectivity index (χ1v) is 16.2. The van der Waals surface area contributed by atoms with Crippen molar-refractivity contribution in [2.24, 2.45) is 0 Å². The molecule has 0 atom stereocenters. The number of phenols is 2. The SMILES string of the molecule is Cc1ccc(O)c(CNC2CCC(NC(=O)c3cc(F)cnc3Oc3cccc(-c4ccc(O)cc4CN4CCOCC4)c3)CC2)c1. The van der Waals surface area contributed by atoms with Gasteiger partial charge in [0.15, 0.2) is 0 Å². The smallest absolute Gasteiger partial charge is 0.257 e. The lowest BCUT2D eigenvalue weighted by atomic mass is 9.90. The standard InChI is InChI=1S/C37H41FN4O5/c1-24-5-12-35(44)26(17-24)21-39-29-6-8-30(9-7-29)41-36(45)34-20-28(38)22-40-37(34)47-32-4-2-3-25(19-32)33-11-10-31(43)18-27(33)23-42-13-15-46-16-14-42/h2-5,10-12,17-20,22,29-30,39,43-44H,6-9,13-16,21,23H2,1H3,(H,41,45). The lowest BCUT2D eigenvalue weighted by Gasteiger charge is -2.30. The molecular formula is C37H41FN4O5. The average Bonchev–Trinajstić information content (AvgIpc) is 3.07. The molecular weight excluding hydrogens is 599 g/mol. The van der Waals surface area contributed by atoms with Crippen molar-refractivity contribution in [3.63, 3.8) is 0 Å². The Bertz CT molecular complexity index is 1700. The van der Waals surface area contributed by atoms with Crippen molar-refractivity contribution < 1.29 is 28.9 Å². The van der Waals surface area contributed by atoms with E-state index in [4.69, 9.17) is 9.47 Å². The lowest BCUT2D eigenvalue weighted by Crippen LogP contribution is -2.42. The summed E-state index contributed by atoms with van der Waals surface area (Å²) in [5.74, 6) is -0.105. The van der Waals surface area contributed by atoms with Crippen molar-refractivity contribution in [2.75, 3.05) is 26.3 Å². The predicted octanol–water partition coefficient (Wildman–Crippen LogP) is 6.06. The molecule has 2 fully saturated rings. The fourth-order valence-corrected chi connectivity index (χ4v) is 6.32. The maximum atomic E-state index is 14.4. The number of pyridine rings is 1. The number of rotatable bonds is 10. The summed E-state index contributed by atoms with van der Waals surface area (Å²) in [6.45, 7) is 6.23. The van der Waals surface area contributed by atoms with Crippen LogP contribution in [0.5, 0.6) is 23.1 Å². The molecule has 0 bridgehead atoms. The van der Waals surface area contributed by atoms with E-state index < -0.39 is 11.7 Å². The number of carbonyl (C=O) groups excluding carboxylic acids is 1. The Morgan fingerprint density at radius 3 is 2.57 bits per heavy atom. The van der Waals surface area contributed by atoms with E-state index in [0.717, 1.165) is 78.9 Å². The van der Waals surface area contributed by atoms with Crippen molar-refractivity contribution in [1.82, 2.24) is 20.5 Å². The van der Waals surface area contributed by atoms with Gasteiger partial charge in [0.05, 0.1) is 19.4 Å². The van der Waals surface area contributed by atoms with Crippen LogP contribution in [0.4, 0.5) is 4.39 Å². The number of carbonyl (C=O) groups is 1. The van der Waals surface area contributed by atoms with E-state index in [9.17, 15) is 19.4 Å². The first kappa shape index (κ1) is 32.4. The van der Waals surface area contributed by atoms with Gasteiger partial charge in [0.2, 0.25) is 5.88 Å². The van der Waals surface area contributed by atoms with E-state index in [0.29, 0.717) is 32.1 Å². The van der Waals surface area contributed by atoms with Crippen molar-refractivity contribution >= 4 is 5.91 Å². The maximum absolute atomic E-state index is 14.4. The van der Waals surface area contributed by atoms with Crippen LogP contribution in [0, 0.1) is 12.7 Å². The molecule has 9 nitrogen and oxygen atoms in total. The van der Waals surface area contributed by atoms with E-state index in [1.165, 1.54) is 0 Å². The van der Waals surface area contributed by atoms with Gasteiger partial charge in [-0.2, -0.15) is 0 Å². The second kappa shape index (κ2) is 14.9. The molecule has 4 aromatic rings. The molecule has 1 aromatic heterocycles. The third-order valence-corrected chi connectivity index (χ3v) is 8.89. The first-order chi connectivity index (χ1) is 22.8. The number of aromatic nitrogens is 1. The van der Waals surface area contributed by atoms with Crippen LogP contribution in [0.3, 0.4) is 0 Å². The van der Waals surface area contributed by atoms with Gasteiger partial charge >= 0.3 is 0 Å². The van der Waals surface area contributed by atoms with Gasteiger partial charge in [-0.15, -0.1) is 0 Å². The highest BCUT2D eigenvalue weighted by Gasteiger charge is 2.25. The Morgan fingerprint density at radius 2 is 1.77 bits per heavy atom. The number of ether oxygens (including phenoxy) is 2. The molecule has 246 valence electrons. The number of phenolic OH excluding ortho intramolecular Hbond substituents is 2. The molecule has 1 saturated carbocycles. The molecule has 2 heterocycles. The Balaban J connectivity index is 1.10. The molecule has 1 amide bonds. The maximum Gasteiger partial charge on any atom is 0.257 e. The Labute approximate surface area is 274 Å². The second-order valence-electron chi connectivity index (χ2n) is 12.4. The van der Waals surface area contributed by atoms with E-state index in [1.807, 2.05) is 43.3 Å². The van der Waals surface area contributed by atoms with Crippen molar-refractivity contribution in [3.8, 4) is 34.3 Å². The van der Waals surface area contributed by atoms with E-state index in [1.54, 1.807) is 24.3 Å². The number of aromatic hydroxyl groups is 2. The number of aryl methyl sites for hydroxylation is 1. The zero-order valence-corrected chi connectivity index (χ0v) is 26.5. The van der Waals surface area contributed by atoms with Gasteiger partial charge in [-0.05, 0) is 85.7 Å². The summed E-state index contributed by atoms with van der Waals surface area (Å²) in [4.78, 5) is 19.8. The molecule has 10 heteroatoms. The van der Waals surface area contributed by atoms with Crippen LogP contribution in [-0.2, 0) is 17.8 Å². The van der Waals surface area contributed by atoms with Gasteiger partial charge in [0.1, 0.15) is 28.6 Å². The van der Waals surface area contributed by atoms with Gasteiger partial charge < -0.3 is 30.3 Å². The fourth-order valence-electron chi connectivity index (χ4n) is 6.32. The van der Waals surface area contributed by atoms with Crippen LogP contribution in [0.2, 0.25) is 0 Å². The second-order valence-corrected chi connectivity index (χ2v) is 12.4. The van der Waals surface area contributed by atoms with Crippen LogP contribution in [-0.4, -0.2) is 64.4 Å². The molecule has 2 aliphatic rings. The number of hydrogen-bond acceptors (Lipinski definition) is 8. The molecule has 4 N–H and O–H groups in total. The van der Waals surface area contributed by atoms with Crippen molar-refractivity contribution in [1.29, 1.82) is 0 Å². The third kappa shape index (κ3) is 8.45. The molecule has 6 rings (SSSR count). The predicted molar refractivity (Wildman–Crippen MR) is 177 cm³/mol. The molecule has 47 heavy (non-hydrogen) atoms. The van der Waals surface area contributed by atoms with Crippen LogP contribution < -0.4 is 15.4 Å². The number of nitrogens with zero attached hydrogens (tertiary/aromatic N) is 2. The topological polar surface area (TPSA) is 116 Å². The van der Waals surface area contributed by atoms with Crippen molar-refractivity contribution in [3.05, 3.63) is 101 Å². The summed E-state index contributed by atoms with van der Waals surface area (Å²) in [7, 11) is 0. The number of benzene rings is 3. The highest BCUT2D eigenvalue weighted by atomic mass is 19.1. The summed E-state index contributed by atoms with van der Waals surface area (Å²) in [6, 6.07) is 19.7. The molecule has 3 aromatic carbocycles. The minimum Gasteiger partial charge on any atom is -0.508 e. The lowest BCUT2D eigenvalue weighted by molar-refractivity contribution is 0.0342. The summed E-state index contributed by atoms with van der Waals surface area (Å²) in [5.41, 5.74) is 4.80. The van der Waals surface area contributed by atoms with E-state index in [-0.39, 0.29) is 35.0 Å². The largest absolute Gasteiger partial charge is 0.508 e. The third-order valence-electron chi connectivity index (χ3n) is 8.89. The molecule has 0 spiro atoms. The van der Waals surface area contributed by atoms with Crippen LogP contribution in [0.1, 0.15) is 52.7 Å². The normalized spacial score (nSPS) is 18.5. The van der Waals surface area contributed by atoms with Gasteiger partial charge in [-0.3, -0.25) is 9.69 Å².